The van der Waals surface area contributed by atoms with E-state index in [0.717, 1.165) is 44.3 Å². The Morgan fingerprint density at radius 3 is 1.62 bits per heavy atom. The molecule has 0 aromatic heterocycles. The monoisotopic (exact) mass is 533 g/mol. The van der Waals surface area contributed by atoms with Gasteiger partial charge in [-0.3, -0.25) is 9.80 Å². The molecule has 2 rings (SSSR count). The predicted octanol–water partition coefficient (Wildman–Crippen LogP) is 4.01. The zero-order chi connectivity index (χ0) is 28.2. The number of hydrogen-bond donors (Lipinski definition) is 0. The Morgan fingerprint density at radius 1 is 0.718 bits per heavy atom. The fourth-order valence-corrected chi connectivity index (χ4v) is 4.76. The first-order valence-corrected chi connectivity index (χ1v) is 15.2. The average Bonchev–Trinajstić information content (AvgIpc) is 2.89. The first-order chi connectivity index (χ1) is 18.2. The van der Waals surface area contributed by atoms with Gasteiger partial charge in [0, 0.05) is 65.4 Å². The van der Waals surface area contributed by atoms with E-state index in [4.69, 9.17) is 0 Å². The van der Waals surface area contributed by atoms with Crippen LogP contribution in [0.2, 0.25) is 0 Å². The van der Waals surface area contributed by atoms with Gasteiger partial charge in [0.25, 0.3) is 0 Å². The van der Waals surface area contributed by atoms with Crippen LogP contribution in [0.3, 0.4) is 0 Å². The van der Waals surface area contributed by atoms with Crippen molar-refractivity contribution in [3.8, 4) is 0 Å². The number of hydrogen-bond acceptors (Lipinski definition) is 4. The minimum Gasteiger partial charge on any atom is -0.304 e. The first-order valence-electron chi connectivity index (χ1n) is 15.2. The maximum absolute atomic E-state index is 4.17. The Morgan fingerprint density at radius 2 is 1.18 bits per heavy atom. The van der Waals surface area contributed by atoms with E-state index in [0.29, 0.717) is 0 Å². The Bertz CT molecular complexity index is 738. The number of allylic oxidation sites excluding steroid dienone is 6. The maximum atomic E-state index is 4.17. The zero-order valence-corrected chi connectivity index (χ0v) is 26.9. The molecule has 218 valence electrons. The molecular weight excluding hydrogens is 471 g/mol. The van der Waals surface area contributed by atoms with E-state index < -0.39 is 0 Å². The fraction of sp³-hybridized carbons (Fsp3) is 0.676. The second-order valence-electron chi connectivity index (χ2n) is 11.6. The van der Waals surface area contributed by atoms with Gasteiger partial charge >= 0.3 is 18.9 Å². The molecule has 2 saturated heterocycles. The van der Waals surface area contributed by atoms with Crippen molar-refractivity contribution in [2.24, 2.45) is 0 Å². The van der Waals surface area contributed by atoms with Crippen LogP contribution in [-0.4, -0.2) is 99.1 Å². The molecule has 0 spiro atoms. The van der Waals surface area contributed by atoms with Crippen LogP contribution in [0.4, 0.5) is 0 Å². The van der Waals surface area contributed by atoms with Crippen molar-refractivity contribution < 1.29 is 18.9 Å². The van der Waals surface area contributed by atoms with Crippen LogP contribution in [0.1, 0.15) is 72.1 Å². The Labute approximate surface area is 256 Å². The van der Waals surface area contributed by atoms with Gasteiger partial charge in [0.05, 0.1) is 0 Å². The largest absolute Gasteiger partial charge is 1.00 e. The summed E-state index contributed by atoms with van der Waals surface area (Å²) in [5.41, 5.74) is 5.44. The van der Waals surface area contributed by atoms with Gasteiger partial charge in [-0.1, -0.05) is 80.7 Å². The molecule has 0 radical (unpaired) electrons. The van der Waals surface area contributed by atoms with Gasteiger partial charge in [-0.2, -0.15) is 0 Å². The smallest absolute Gasteiger partial charge is 0.304 e. The minimum atomic E-state index is 0. The van der Waals surface area contributed by atoms with Crippen LogP contribution in [0.15, 0.2) is 59.8 Å². The molecule has 2 fully saturated rings. The van der Waals surface area contributed by atoms with Crippen LogP contribution >= 0.6 is 0 Å². The van der Waals surface area contributed by atoms with Gasteiger partial charge < -0.3 is 9.80 Å². The molecule has 2 aliphatic heterocycles. The SMILES string of the molecule is C=CC(=C)CC/C=C(\C)CN1CCN(C)CC1.[CH2-]/C(=C/CCCCC)CC/C=C(\C)CN1CCN(C)CC1.[Li+]. The Hall–Kier alpha value is -0.993. The molecular formula is C34H61LiN4. The molecule has 2 aliphatic rings. The van der Waals surface area contributed by atoms with Crippen LogP contribution in [0.25, 0.3) is 0 Å². The summed E-state index contributed by atoms with van der Waals surface area (Å²) in [6, 6.07) is 0. The first kappa shape index (κ1) is 38.0. The van der Waals surface area contributed by atoms with E-state index in [9.17, 15) is 0 Å². The number of piperazine rings is 2. The van der Waals surface area contributed by atoms with Crippen molar-refractivity contribution in [1.29, 1.82) is 0 Å². The molecule has 0 bridgehead atoms. The van der Waals surface area contributed by atoms with E-state index in [1.54, 1.807) is 0 Å². The van der Waals surface area contributed by atoms with Crippen molar-refractivity contribution in [2.45, 2.75) is 72.1 Å². The molecule has 4 nitrogen and oxygen atoms in total. The molecule has 0 saturated carbocycles. The summed E-state index contributed by atoms with van der Waals surface area (Å²) in [4.78, 5) is 9.91. The summed E-state index contributed by atoms with van der Waals surface area (Å²) in [7, 11) is 4.41. The van der Waals surface area contributed by atoms with Crippen LogP contribution in [0, 0.1) is 6.92 Å². The van der Waals surface area contributed by atoms with Crippen LogP contribution in [-0.2, 0) is 0 Å². The number of likely N-dealkylation sites (N-methyl/N-ethyl adjacent to an activating group) is 2. The second kappa shape index (κ2) is 23.7. The summed E-state index contributed by atoms with van der Waals surface area (Å²) in [6.45, 7) is 30.4. The molecule has 2 heterocycles. The molecule has 0 aliphatic carbocycles. The minimum absolute atomic E-state index is 0. The maximum Gasteiger partial charge on any atom is 1.00 e. The molecule has 0 aromatic rings. The molecule has 5 heteroatoms. The van der Waals surface area contributed by atoms with E-state index in [1.165, 1.54) is 94.8 Å². The van der Waals surface area contributed by atoms with Gasteiger partial charge in [-0.05, 0) is 47.2 Å². The van der Waals surface area contributed by atoms with Crippen LogP contribution in [0.5, 0.6) is 0 Å². The Kier molecular flexibility index (Phi) is 23.1. The van der Waals surface area contributed by atoms with Gasteiger partial charge in [0.2, 0.25) is 0 Å². The molecule has 0 unspecified atom stereocenters. The van der Waals surface area contributed by atoms with E-state index in [2.05, 4.69) is 92.8 Å². The summed E-state index contributed by atoms with van der Waals surface area (Å²) in [6.07, 6.45) is 18.5. The summed E-state index contributed by atoms with van der Waals surface area (Å²) in [5, 5.41) is 0. The van der Waals surface area contributed by atoms with E-state index >= 15 is 0 Å². The summed E-state index contributed by atoms with van der Waals surface area (Å²) < 4.78 is 0. The molecule has 0 atom stereocenters. The number of rotatable bonds is 15. The van der Waals surface area contributed by atoms with Gasteiger partial charge in [-0.25, -0.2) is 18.6 Å². The molecule has 0 N–H and O–H groups in total. The third-order valence-electron chi connectivity index (χ3n) is 7.58. The second-order valence-corrected chi connectivity index (χ2v) is 11.6. The van der Waals surface area contributed by atoms with Crippen molar-refractivity contribution in [3.05, 3.63) is 66.7 Å². The van der Waals surface area contributed by atoms with Crippen molar-refractivity contribution in [1.82, 2.24) is 19.6 Å². The van der Waals surface area contributed by atoms with Crippen molar-refractivity contribution >= 4 is 0 Å². The summed E-state index contributed by atoms with van der Waals surface area (Å²) in [5.74, 6) is 0. The topological polar surface area (TPSA) is 13.0 Å². The van der Waals surface area contributed by atoms with Gasteiger partial charge in [0.1, 0.15) is 0 Å². The number of nitrogens with zero attached hydrogens (tertiary/aromatic N) is 4. The quantitative estimate of drug-likeness (QED) is 0.104. The van der Waals surface area contributed by atoms with Gasteiger partial charge in [-0.15, -0.1) is 6.42 Å². The normalized spacial score (nSPS) is 18.7. The van der Waals surface area contributed by atoms with Gasteiger partial charge in [0.15, 0.2) is 0 Å². The molecule has 0 amide bonds. The number of unbranched alkanes of at least 4 members (excludes halogenated alkanes) is 3. The molecule has 0 aromatic carbocycles. The van der Waals surface area contributed by atoms with E-state index in [-0.39, 0.29) is 18.9 Å². The Balaban J connectivity index is 0.000000737. The predicted molar refractivity (Wildman–Crippen MR) is 171 cm³/mol. The standard InChI is InChI=1S/C19H35N2.C15H26N2.Li/c1-5-6-7-8-10-18(2)11-9-12-19(3)17-21-15-13-20(4)14-16-21;1-5-14(2)7-6-8-15(3)13-17-11-9-16(4)10-12-17;/h10,12H,2,5-9,11,13-17H2,1,3-4H3;5,8H,1-2,6-7,9-13H2,3-4H3;/q-1;;+1/b18-10-,19-12+;15-8+;. The average molecular weight is 533 g/mol. The third kappa shape index (κ3) is 20.5. The summed E-state index contributed by atoms with van der Waals surface area (Å²) >= 11 is 0. The molecule has 39 heavy (non-hydrogen) atoms. The third-order valence-corrected chi connectivity index (χ3v) is 7.58. The fourth-order valence-electron chi connectivity index (χ4n) is 4.76. The van der Waals surface area contributed by atoms with E-state index in [1.807, 2.05) is 6.08 Å². The zero-order valence-electron chi connectivity index (χ0n) is 26.9. The van der Waals surface area contributed by atoms with Crippen LogP contribution < -0.4 is 18.9 Å². The van der Waals surface area contributed by atoms with Crippen molar-refractivity contribution in [3.63, 3.8) is 0 Å². The van der Waals surface area contributed by atoms with Crippen molar-refractivity contribution in [2.75, 3.05) is 79.5 Å².